The first kappa shape index (κ1) is 13.8. The fraction of sp³-hybridized carbons (Fsp3) is 0.455. The van der Waals surface area contributed by atoms with Gasteiger partial charge in [0.05, 0.1) is 12.9 Å². The van der Waals surface area contributed by atoms with Crippen molar-refractivity contribution in [1.82, 2.24) is 4.90 Å². The predicted molar refractivity (Wildman–Crippen MR) is 68.0 cm³/mol. The Balaban J connectivity index is 3.06. The van der Waals surface area contributed by atoms with E-state index in [4.69, 9.17) is 10.5 Å². The van der Waals surface area contributed by atoms with Gasteiger partial charge in [-0.25, -0.2) is 8.42 Å². The summed E-state index contributed by atoms with van der Waals surface area (Å²) in [5.41, 5.74) is 6.07. The quantitative estimate of drug-likeness (QED) is 0.784. The van der Waals surface area contributed by atoms with Gasteiger partial charge >= 0.3 is 0 Å². The monoisotopic (exact) mass is 258 g/mol. The second kappa shape index (κ2) is 5.37. The number of ether oxygens (including phenoxy) is 1. The third-order valence-electron chi connectivity index (χ3n) is 2.33. The number of sulfone groups is 1. The Morgan fingerprint density at radius 3 is 2.53 bits per heavy atom. The smallest absolute Gasteiger partial charge is 0.183 e. The molecule has 0 aliphatic rings. The second-order valence-corrected chi connectivity index (χ2v) is 6.11. The molecule has 1 aromatic carbocycles. The van der Waals surface area contributed by atoms with E-state index in [1.165, 1.54) is 19.2 Å². The van der Waals surface area contributed by atoms with Crippen LogP contribution in [0.15, 0.2) is 23.1 Å². The Morgan fingerprint density at radius 1 is 1.35 bits per heavy atom. The van der Waals surface area contributed by atoms with Gasteiger partial charge in [0, 0.05) is 18.3 Å². The van der Waals surface area contributed by atoms with Crippen LogP contribution in [0.5, 0.6) is 5.75 Å². The van der Waals surface area contributed by atoms with Crippen LogP contribution in [0.2, 0.25) is 0 Å². The van der Waals surface area contributed by atoms with E-state index in [2.05, 4.69) is 0 Å². The Hall–Kier alpha value is -1.27. The number of nitrogens with two attached hydrogens (primary N) is 1. The van der Waals surface area contributed by atoms with Crippen LogP contribution in [-0.2, 0) is 9.84 Å². The maximum absolute atomic E-state index is 12.1. The molecule has 2 N–H and O–H groups in total. The van der Waals surface area contributed by atoms with E-state index in [1.54, 1.807) is 6.07 Å². The van der Waals surface area contributed by atoms with Crippen LogP contribution in [0, 0.1) is 0 Å². The summed E-state index contributed by atoms with van der Waals surface area (Å²) in [6, 6.07) is 4.56. The molecule has 0 saturated carbocycles. The summed E-state index contributed by atoms with van der Waals surface area (Å²) >= 11 is 0. The molecule has 1 rings (SSSR count). The van der Waals surface area contributed by atoms with Gasteiger partial charge in [-0.2, -0.15) is 0 Å². The Morgan fingerprint density at radius 2 is 2.00 bits per heavy atom. The van der Waals surface area contributed by atoms with Crippen molar-refractivity contribution in [2.75, 3.05) is 39.2 Å². The number of hydrogen-bond donors (Lipinski definition) is 1. The minimum atomic E-state index is -3.34. The van der Waals surface area contributed by atoms with Gasteiger partial charge in [0.1, 0.15) is 10.6 Å². The lowest BCUT2D eigenvalue weighted by molar-refractivity contribution is 0.402. The predicted octanol–water partition coefficient (Wildman–Crippen LogP) is 0.613. The van der Waals surface area contributed by atoms with E-state index in [0.29, 0.717) is 18.0 Å². The average Bonchev–Trinajstić information content (AvgIpc) is 2.26. The molecule has 0 radical (unpaired) electrons. The lowest BCUT2D eigenvalue weighted by Gasteiger charge is -2.12. The van der Waals surface area contributed by atoms with E-state index in [9.17, 15) is 8.42 Å². The number of nitrogens with zero attached hydrogens (tertiary/aromatic N) is 1. The summed E-state index contributed by atoms with van der Waals surface area (Å²) in [7, 11) is 1.75. The standard InChI is InChI=1S/C11H18N2O3S/c1-13(2)6-7-17(14,15)11-5-4-9(12)8-10(11)16-3/h4-5,8H,6-7,12H2,1-3H3. The summed E-state index contributed by atoms with van der Waals surface area (Å²) in [6.07, 6.45) is 0. The van der Waals surface area contributed by atoms with Crippen LogP contribution >= 0.6 is 0 Å². The maximum Gasteiger partial charge on any atom is 0.183 e. The molecular weight excluding hydrogens is 240 g/mol. The second-order valence-electron chi connectivity index (χ2n) is 4.03. The molecule has 1 aromatic rings. The van der Waals surface area contributed by atoms with Gasteiger partial charge in [-0.05, 0) is 26.2 Å². The number of methoxy groups -OCH3 is 1. The van der Waals surface area contributed by atoms with E-state index >= 15 is 0 Å². The molecule has 0 aliphatic heterocycles. The molecule has 0 atom stereocenters. The molecule has 96 valence electrons. The third-order valence-corrected chi connectivity index (χ3v) is 4.06. The Labute approximate surface area is 102 Å². The lowest BCUT2D eigenvalue weighted by atomic mass is 10.3. The van der Waals surface area contributed by atoms with Crippen LogP contribution in [0.1, 0.15) is 0 Å². The molecule has 0 aromatic heterocycles. The van der Waals surface area contributed by atoms with Crippen molar-refractivity contribution in [3.05, 3.63) is 18.2 Å². The van der Waals surface area contributed by atoms with Crippen LogP contribution in [0.4, 0.5) is 5.69 Å². The molecule has 6 heteroatoms. The highest BCUT2D eigenvalue weighted by Crippen LogP contribution is 2.26. The number of anilines is 1. The van der Waals surface area contributed by atoms with E-state index in [-0.39, 0.29) is 10.6 Å². The Kier molecular flexibility index (Phi) is 4.36. The number of benzene rings is 1. The largest absolute Gasteiger partial charge is 0.495 e. The van der Waals surface area contributed by atoms with Gasteiger partial charge in [-0.15, -0.1) is 0 Å². The van der Waals surface area contributed by atoms with Gasteiger partial charge in [0.2, 0.25) is 0 Å². The van der Waals surface area contributed by atoms with Crippen LogP contribution in [-0.4, -0.2) is 46.8 Å². The summed E-state index contributed by atoms with van der Waals surface area (Å²) < 4.78 is 29.2. The maximum atomic E-state index is 12.1. The zero-order valence-corrected chi connectivity index (χ0v) is 11.1. The van der Waals surface area contributed by atoms with Gasteiger partial charge in [-0.1, -0.05) is 0 Å². The molecule has 0 bridgehead atoms. The van der Waals surface area contributed by atoms with Gasteiger partial charge in [0.15, 0.2) is 9.84 Å². The molecule has 0 spiro atoms. The molecule has 17 heavy (non-hydrogen) atoms. The van der Waals surface area contributed by atoms with Crippen molar-refractivity contribution in [2.45, 2.75) is 4.90 Å². The zero-order valence-electron chi connectivity index (χ0n) is 10.3. The van der Waals surface area contributed by atoms with Gasteiger partial charge in [0.25, 0.3) is 0 Å². The van der Waals surface area contributed by atoms with Crippen LogP contribution < -0.4 is 10.5 Å². The van der Waals surface area contributed by atoms with E-state index < -0.39 is 9.84 Å². The van der Waals surface area contributed by atoms with Gasteiger partial charge < -0.3 is 15.4 Å². The fourth-order valence-corrected chi connectivity index (χ4v) is 2.90. The highest BCUT2D eigenvalue weighted by atomic mass is 32.2. The third kappa shape index (κ3) is 3.61. The van der Waals surface area contributed by atoms with E-state index in [0.717, 1.165) is 0 Å². The minimum Gasteiger partial charge on any atom is -0.495 e. The summed E-state index contributed by atoms with van der Waals surface area (Å²) in [4.78, 5) is 2.01. The summed E-state index contributed by atoms with van der Waals surface area (Å²) in [5.74, 6) is 0.351. The Bertz CT molecular complexity index is 483. The molecule has 0 unspecified atom stereocenters. The van der Waals surface area contributed by atoms with Crippen molar-refractivity contribution in [3.63, 3.8) is 0 Å². The first-order valence-electron chi connectivity index (χ1n) is 5.18. The molecule has 0 aliphatic carbocycles. The van der Waals surface area contributed by atoms with Crippen molar-refractivity contribution < 1.29 is 13.2 Å². The molecule has 0 saturated heterocycles. The SMILES string of the molecule is COc1cc(N)ccc1S(=O)(=O)CCN(C)C. The van der Waals surface area contributed by atoms with Crippen molar-refractivity contribution >= 4 is 15.5 Å². The normalized spacial score (nSPS) is 11.8. The van der Waals surface area contributed by atoms with Crippen molar-refractivity contribution in [2.24, 2.45) is 0 Å². The zero-order chi connectivity index (χ0) is 13.1. The molecule has 0 amide bonds. The highest BCUT2D eigenvalue weighted by Gasteiger charge is 2.19. The fourth-order valence-electron chi connectivity index (χ4n) is 1.35. The number of nitrogen functional groups attached to an aromatic ring is 1. The lowest BCUT2D eigenvalue weighted by Crippen LogP contribution is -2.22. The highest BCUT2D eigenvalue weighted by molar-refractivity contribution is 7.91. The minimum absolute atomic E-state index is 0.0558. The number of rotatable bonds is 5. The summed E-state index contributed by atoms with van der Waals surface area (Å²) in [6.45, 7) is 0.468. The molecule has 5 nitrogen and oxygen atoms in total. The first-order valence-corrected chi connectivity index (χ1v) is 6.83. The van der Waals surface area contributed by atoms with Gasteiger partial charge in [-0.3, -0.25) is 0 Å². The topological polar surface area (TPSA) is 72.6 Å². The van der Waals surface area contributed by atoms with Crippen LogP contribution in [0.3, 0.4) is 0 Å². The average molecular weight is 258 g/mol. The van der Waals surface area contributed by atoms with Crippen LogP contribution in [0.25, 0.3) is 0 Å². The molecule has 0 heterocycles. The van der Waals surface area contributed by atoms with Crippen molar-refractivity contribution in [1.29, 1.82) is 0 Å². The molecule has 0 fully saturated rings. The first-order chi connectivity index (χ1) is 7.86. The number of hydrogen-bond acceptors (Lipinski definition) is 5. The van der Waals surface area contributed by atoms with E-state index in [1.807, 2.05) is 19.0 Å². The van der Waals surface area contributed by atoms with Crippen molar-refractivity contribution in [3.8, 4) is 5.75 Å². The summed E-state index contributed by atoms with van der Waals surface area (Å²) in [5, 5.41) is 0. The molecular formula is C11H18N2O3S.